The zero-order valence-electron chi connectivity index (χ0n) is 10.1. The molecule has 1 N–H and O–H groups in total. The highest BCUT2D eigenvalue weighted by molar-refractivity contribution is 6.31. The van der Waals surface area contributed by atoms with Crippen molar-refractivity contribution in [1.29, 1.82) is 0 Å². The number of benzene rings is 1. The van der Waals surface area contributed by atoms with Crippen LogP contribution in [0.1, 0.15) is 26.3 Å². The maximum absolute atomic E-state index is 12.9. The molecule has 0 aromatic heterocycles. The Kier molecular flexibility index (Phi) is 5.23. The summed E-state index contributed by atoms with van der Waals surface area (Å²) >= 11 is 6.01. The average Bonchev–Trinajstić information content (AvgIpc) is 2.20. The van der Waals surface area contributed by atoms with Crippen LogP contribution in [0.15, 0.2) is 18.2 Å². The second-order valence-corrected chi connectivity index (χ2v) is 4.76. The number of rotatable bonds is 5. The van der Waals surface area contributed by atoms with Crippen molar-refractivity contribution in [2.24, 2.45) is 5.92 Å². The first kappa shape index (κ1) is 13.5. The molecule has 0 aliphatic heterocycles. The fraction of sp³-hybridized carbons (Fsp3) is 0.538. The zero-order chi connectivity index (χ0) is 12.1. The molecular formula is C13H19ClFN. The molecule has 0 aliphatic carbocycles. The van der Waals surface area contributed by atoms with Gasteiger partial charge in [0.25, 0.3) is 0 Å². The Morgan fingerprint density at radius 2 is 2.06 bits per heavy atom. The van der Waals surface area contributed by atoms with Gasteiger partial charge in [0.15, 0.2) is 0 Å². The van der Waals surface area contributed by atoms with E-state index in [0.29, 0.717) is 17.0 Å². The van der Waals surface area contributed by atoms with Gasteiger partial charge in [-0.2, -0.15) is 0 Å². The molecule has 1 aromatic rings. The van der Waals surface area contributed by atoms with Crippen LogP contribution in [0.2, 0.25) is 5.02 Å². The van der Waals surface area contributed by atoms with E-state index in [1.54, 1.807) is 6.07 Å². The molecule has 0 aliphatic rings. The summed E-state index contributed by atoms with van der Waals surface area (Å²) in [5.74, 6) is 0.249. The number of halogens is 2. The van der Waals surface area contributed by atoms with Crippen LogP contribution in [0.5, 0.6) is 0 Å². The summed E-state index contributed by atoms with van der Waals surface area (Å²) in [6.45, 7) is 7.36. The highest BCUT2D eigenvalue weighted by Crippen LogP contribution is 2.20. The van der Waals surface area contributed by atoms with E-state index in [2.05, 4.69) is 26.1 Å². The van der Waals surface area contributed by atoms with Crippen molar-refractivity contribution in [3.8, 4) is 0 Å². The Hall–Kier alpha value is -0.600. The molecule has 0 spiro atoms. The fourth-order valence-corrected chi connectivity index (χ4v) is 1.97. The van der Waals surface area contributed by atoms with E-state index in [4.69, 9.17) is 11.6 Å². The molecule has 0 heterocycles. The summed E-state index contributed by atoms with van der Waals surface area (Å²) in [6, 6.07) is 4.99. The van der Waals surface area contributed by atoms with Gasteiger partial charge in [-0.25, -0.2) is 4.39 Å². The van der Waals surface area contributed by atoms with Crippen LogP contribution >= 0.6 is 11.6 Å². The number of nitrogens with one attached hydrogen (secondary N) is 1. The van der Waals surface area contributed by atoms with Crippen LogP contribution in [0.25, 0.3) is 0 Å². The SMILES string of the molecule is CCNC(Cc1ccc(F)cc1Cl)C(C)C. The molecule has 0 amide bonds. The van der Waals surface area contributed by atoms with Gasteiger partial charge in [0, 0.05) is 11.1 Å². The van der Waals surface area contributed by atoms with Crippen molar-refractivity contribution in [2.45, 2.75) is 33.2 Å². The Morgan fingerprint density at radius 3 is 2.56 bits per heavy atom. The van der Waals surface area contributed by atoms with Gasteiger partial charge >= 0.3 is 0 Å². The fourth-order valence-electron chi connectivity index (χ4n) is 1.73. The second kappa shape index (κ2) is 6.21. The van der Waals surface area contributed by atoms with Crippen molar-refractivity contribution in [3.05, 3.63) is 34.6 Å². The lowest BCUT2D eigenvalue weighted by molar-refractivity contribution is 0.405. The second-order valence-electron chi connectivity index (χ2n) is 4.35. The normalized spacial score (nSPS) is 13.1. The van der Waals surface area contributed by atoms with E-state index in [1.807, 2.05) is 0 Å². The van der Waals surface area contributed by atoms with E-state index >= 15 is 0 Å². The van der Waals surface area contributed by atoms with E-state index < -0.39 is 0 Å². The van der Waals surface area contributed by atoms with Crippen LogP contribution in [0.3, 0.4) is 0 Å². The largest absolute Gasteiger partial charge is 0.314 e. The highest BCUT2D eigenvalue weighted by atomic mass is 35.5. The minimum absolute atomic E-state index is 0.279. The van der Waals surface area contributed by atoms with E-state index in [9.17, 15) is 4.39 Å². The van der Waals surface area contributed by atoms with Crippen LogP contribution in [0, 0.1) is 11.7 Å². The Balaban J connectivity index is 2.77. The Labute approximate surface area is 102 Å². The van der Waals surface area contributed by atoms with E-state index in [1.165, 1.54) is 12.1 Å². The summed E-state index contributed by atoms with van der Waals surface area (Å²) in [7, 11) is 0. The summed E-state index contributed by atoms with van der Waals surface area (Å²) in [4.78, 5) is 0. The molecule has 0 radical (unpaired) electrons. The van der Waals surface area contributed by atoms with Crippen LogP contribution < -0.4 is 5.32 Å². The molecular weight excluding hydrogens is 225 g/mol. The van der Waals surface area contributed by atoms with Crippen molar-refractivity contribution >= 4 is 11.6 Å². The maximum atomic E-state index is 12.9. The molecule has 0 saturated heterocycles. The predicted molar refractivity (Wildman–Crippen MR) is 67.4 cm³/mol. The monoisotopic (exact) mass is 243 g/mol. The molecule has 1 unspecified atom stereocenters. The van der Waals surface area contributed by atoms with Gasteiger partial charge in [-0.1, -0.05) is 38.4 Å². The Bertz CT molecular complexity index is 339. The van der Waals surface area contributed by atoms with Gasteiger partial charge in [-0.15, -0.1) is 0 Å². The number of likely N-dealkylation sites (N-methyl/N-ethyl adjacent to an activating group) is 1. The third-order valence-electron chi connectivity index (χ3n) is 2.73. The van der Waals surface area contributed by atoms with Crippen molar-refractivity contribution in [2.75, 3.05) is 6.54 Å². The summed E-state index contributed by atoms with van der Waals surface area (Å²) in [5.41, 5.74) is 1.00. The number of hydrogen-bond acceptors (Lipinski definition) is 1. The minimum Gasteiger partial charge on any atom is -0.314 e. The van der Waals surface area contributed by atoms with Gasteiger partial charge in [-0.05, 0) is 36.6 Å². The molecule has 90 valence electrons. The predicted octanol–water partition coefficient (Wildman–Crippen LogP) is 3.66. The molecule has 1 atom stereocenters. The van der Waals surface area contributed by atoms with Gasteiger partial charge in [0.2, 0.25) is 0 Å². The smallest absolute Gasteiger partial charge is 0.124 e. The molecule has 0 bridgehead atoms. The molecule has 1 nitrogen and oxygen atoms in total. The average molecular weight is 244 g/mol. The Morgan fingerprint density at radius 1 is 1.38 bits per heavy atom. The molecule has 0 fully saturated rings. The molecule has 1 aromatic carbocycles. The van der Waals surface area contributed by atoms with Crippen LogP contribution in [-0.2, 0) is 6.42 Å². The van der Waals surface area contributed by atoms with Crippen molar-refractivity contribution in [1.82, 2.24) is 5.32 Å². The zero-order valence-corrected chi connectivity index (χ0v) is 10.8. The lowest BCUT2D eigenvalue weighted by Crippen LogP contribution is -2.35. The molecule has 16 heavy (non-hydrogen) atoms. The topological polar surface area (TPSA) is 12.0 Å². The summed E-state index contributed by atoms with van der Waals surface area (Å²) in [6.07, 6.45) is 0.838. The van der Waals surface area contributed by atoms with Gasteiger partial charge < -0.3 is 5.32 Å². The first-order valence-electron chi connectivity index (χ1n) is 5.72. The molecule has 3 heteroatoms. The summed E-state index contributed by atoms with van der Waals surface area (Å²) < 4.78 is 12.9. The third-order valence-corrected chi connectivity index (χ3v) is 3.08. The van der Waals surface area contributed by atoms with Crippen LogP contribution in [-0.4, -0.2) is 12.6 Å². The summed E-state index contributed by atoms with van der Waals surface area (Å²) in [5, 5.41) is 3.94. The van der Waals surface area contributed by atoms with Crippen molar-refractivity contribution < 1.29 is 4.39 Å². The van der Waals surface area contributed by atoms with Crippen molar-refractivity contribution in [3.63, 3.8) is 0 Å². The quantitative estimate of drug-likeness (QED) is 0.832. The third kappa shape index (κ3) is 3.76. The van der Waals surface area contributed by atoms with Gasteiger partial charge in [0.1, 0.15) is 5.82 Å². The molecule has 1 rings (SSSR count). The highest BCUT2D eigenvalue weighted by Gasteiger charge is 2.14. The first-order chi connectivity index (χ1) is 7.54. The van der Waals surface area contributed by atoms with Gasteiger partial charge in [0.05, 0.1) is 0 Å². The van der Waals surface area contributed by atoms with E-state index in [0.717, 1.165) is 18.5 Å². The van der Waals surface area contributed by atoms with Gasteiger partial charge in [-0.3, -0.25) is 0 Å². The van der Waals surface area contributed by atoms with Crippen LogP contribution in [0.4, 0.5) is 4.39 Å². The minimum atomic E-state index is -0.279. The lowest BCUT2D eigenvalue weighted by Gasteiger charge is -2.22. The maximum Gasteiger partial charge on any atom is 0.124 e. The van der Waals surface area contributed by atoms with E-state index in [-0.39, 0.29) is 5.82 Å². The lowest BCUT2D eigenvalue weighted by atomic mass is 9.96. The molecule has 0 saturated carbocycles. The first-order valence-corrected chi connectivity index (χ1v) is 6.09. The number of hydrogen-bond donors (Lipinski definition) is 1. The standard InChI is InChI=1S/C13H19ClFN/c1-4-16-13(9(2)3)7-10-5-6-11(15)8-12(10)14/h5-6,8-9,13,16H,4,7H2,1-3H3.